The number of likely N-dealkylation sites (N-methyl/N-ethyl adjacent to an activating group) is 1. The van der Waals surface area contributed by atoms with Gasteiger partial charge in [0, 0.05) is 6.54 Å². The number of benzene rings is 2. The van der Waals surface area contributed by atoms with Gasteiger partial charge in [0.1, 0.15) is 0 Å². The van der Waals surface area contributed by atoms with E-state index < -0.39 is 16.1 Å². The van der Waals surface area contributed by atoms with E-state index in [1.54, 1.807) is 36.4 Å². The lowest BCUT2D eigenvalue weighted by atomic mass is 10.2. The minimum Gasteiger partial charge on any atom is -0.390 e. The number of nitrogens with zero attached hydrogens (tertiary/aromatic N) is 2. The molecule has 2 rings (SSSR count). The maximum atomic E-state index is 13.2. The fraction of sp³-hybridized carbons (Fsp3) is 0.368. The molecule has 25 heavy (non-hydrogen) atoms. The predicted molar refractivity (Wildman–Crippen MR) is 101 cm³/mol. The third-order valence-corrected chi connectivity index (χ3v) is 5.69. The number of anilines is 1. The lowest BCUT2D eigenvalue weighted by molar-refractivity contribution is 0.145. The summed E-state index contributed by atoms with van der Waals surface area (Å²) in [6.07, 6.45) is -0.795. The summed E-state index contributed by atoms with van der Waals surface area (Å²) in [5, 5.41) is 10.3. The molecule has 0 aliphatic rings. The number of rotatable bonds is 7. The second kappa shape index (κ2) is 7.99. The van der Waals surface area contributed by atoms with Crippen LogP contribution in [0.15, 0.2) is 53.4 Å². The van der Waals surface area contributed by atoms with Gasteiger partial charge in [0.15, 0.2) is 0 Å². The Balaban J connectivity index is 2.42. The molecular weight excluding hydrogens is 336 g/mol. The summed E-state index contributed by atoms with van der Waals surface area (Å²) in [6, 6.07) is 14.0. The Kier molecular flexibility index (Phi) is 6.21. The topological polar surface area (TPSA) is 60.9 Å². The largest absolute Gasteiger partial charge is 0.390 e. The average molecular weight is 362 g/mol. The number of aliphatic hydroxyl groups is 1. The minimum absolute atomic E-state index is 0.00253. The number of hydrogen-bond acceptors (Lipinski definition) is 4. The molecule has 6 heteroatoms. The van der Waals surface area contributed by atoms with Crippen molar-refractivity contribution in [2.45, 2.75) is 24.8 Å². The summed E-state index contributed by atoms with van der Waals surface area (Å²) in [5.74, 6) is 0. The number of aryl methyl sites for hydroxylation is 2. The minimum atomic E-state index is -3.76. The lowest BCUT2D eigenvalue weighted by Crippen LogP contribution is -2.41. The molecule has 0 aliphatic carbocycles. The van der Waals surface area contributed by atoms with Crippen molar-refractivity contribution in [3.8, 4) is 0 Å². The van der Waals surface area contributed by atoms with Crippen molar-refractivity contribution in [2.24, 2.45) is 0 Å². The van der Waals surface area contributed by atoms with Crippen molar-refractivity contribution >= 4 is 15.7 Å². The van der Waals surface area contributed by atoms with Crippen molar-refractivity contribution in [1.29, 1.82) is 0 Å². The highest BCUT2D eigenvalue weighted by Gasteiger charge is 2.27. The molecule has 1 N–H and O–H groups in total. The Bertz CT molecular complexity index is 784. The second-order valence-corrected chi connectivity index (χ2v) is 8.46. The Morgan fingerprint density at radius 3 is 1.84 bits per heavy atom. The van der Waals surface area contributed by atoms with Crippen LogP contribution in [0, 0.1) is 13.8 Å². The zero-order valence-corrected chi connectivity index (χ0v) is 16.0. The molecule has 2 aromatic rings. The summed E-state index contributed by atoms with van der Waals surface area (Å²) in [4.78, 5) is 2.05. The maximum absolute atomic E-state index is 13.2. The first-order valence-electron chi connectivity index (χ1n) is 8.19. The van der Waals surface area contributed by atoms with Crippen molar-refractivity contribution in [3.63, 3.8) is 0 Å². The second-order valence-electron chi connectivity index (χ2n) is 6.60. The zero-order valence-electron chi connectivity index (χ0n) is 15.2. The van der Waals surface area contributed by atoms with Crippen molar-refractivity contribution in [1.82, 2.24) is 4.90 Å². The Labute approximate surface area is 150 Å². The Morgan fingerprint density at radius 1 is 0.880 bits per heavy atom. The molecule has 2 aromatic carbocycles. The van der Waals surface area contributed by atoms with Gasteiger partial charge >= 0.3 is 0 Å². The van der Waals surface area contributed by atoms with Crippen LogP contribution in [0.3, 0.4) is 0 Å². The molecule has 0 aromatic heterocycles. The van der Waals surface area contributed by atoms with Crippen LogP contribution in [-0.4, -0.2) is 51.7 Å². The molecule has 0 spiro atoms. The van der Waals surface area contributed by atoms with E-state index in [-0.39, 0.29) is 11.4 Å². The van der Waals surface area contributed by atoms with Crippen LogP contribution in [0.5, 0.6) is 0 Å². The smallest absolute Gasteiger partial charge is 0.264 e. The first-order chi connectivity index (χ1) is 11.7. The van der Waals surface area contributed by atoms with E-state index in [1.807, 2.05) is 45.0 Å². The molecule has 0 amide bonds. The predicted octanol–water partition coefficient (Wildman–Crippen LogP) is 2.42. The van der Waals surface area contributed by atoms with Gasteiger partial charge in [-0.05, 0) is 52.2 Å². The summed E-state index contributed by atoms with van der Waals surface area (Å²) >= 11 is 0. The van der Waals surface area contributed by atoms with Crippen LogP contribution in [0.4, 0.5) is 5.69 Å². The molecule has 0 radical (unpaired) electrons. The van der Waals surface area contributed by atoms with Gasteiger partial charge in [-0.15, -0.1) is 0 Å². The Hall–Kier alpha value is -1.89. The van der Waals surface area contributed by atoms with E-state index in [4.69, 9.17) is 0 Å². The van der Waals surface area contributed by atoms with Gasteiger partial charge < -0.3 is 10.0 Å². The highest BCUT2D eigenvalue weighted by molar-refractivity contribution is 7.92. The van der Waals surface area contributed by atoms with E-state index in [0.29, 0.717) is 12.2 Å². The monoisotopic (exact) mass is 362 g/mol. The molecule has 5 nitrogen and oxygen atoms in total. The molecule has 0 saturated carbocycles. The molecular formula is C19H26N2O3S. The molecule has 1 atom stereocenters. The van der Waals surface area contributed by atoms with Crippen molar-refractivity contribution in [3.05, 3.63) is 59.7 Å². The molecule has 0 bridgehead atoms. The number of sulfonamides is 1. The summed E-state index contributed by atoms with van der Waals surface area (Å²) in [7, 11) is -0.0774. The SMILES string of the molecule is Cc1ccc(N(C[C@@H](O)CN(C)C)S(=O)(=O)c2ccc(C)cc2)cc1. The van der Waals surface area contributed by atoms with Crippen LogP contribution in [0.2, 0.25) is 0 Å². The molecule has 0 unspecified atom stereocenters. The van der Waals surface area contributed by atoms with Gasteiger partial charge in [-0.2, -0.15) is 0 Å². The van der Waals surface area contributed by atoms with E-state index in [2.05, 4.69) is 0 Å². The molecule has 0 fully saturated rings. The third kappa shape index (κ3) is 5.04. The van der Waals surface area contributed by atoms with Crippen LogP contribution >= 0.6 is 0 Å². The van der Waals surface area contributed by atoms with Crippen LogP contribution in [0.1, 0.15) is 11.1 Å². The summed E-state index contributed by atoms with van der Waals surface area (Å²) < 4.78 is 27.6. The van der Waals surface area contributed by atoms with E-state index in [0.717, 1.165) is 11.1 Å². The quantitative estimate of drug-likeness (QED) is 0.822. The van der Waals surface area contributed by atoms with Crippen LogP contribution < -0.4 is 4.31 Å². The van der Waals surface area contributed by atoms with Gasteiger partial charge in [-0.25, -0.2) is 8.42 Å². The van der Waals surface area contributed by atoms with Gasteiger partial charge in [-0.1, -0.05) is 35.4 Å². The van der Waals surface area contributed by atoms with Crippen LogP contribution in [-0.2, 0) is 10.0 Å². The normalized spacial score (nSPS) is 13.0. The Morgan fingerprint density at radius 2 is 1.36 bits per heavy atom. The van der Waals surface area contributed by atoms with Crippen LogP contribution in [0.25, 0.3) is 0 Å². The first kappa shape index (κ1) is 19.4. The average Bonchev–Trinajstić information content (AvgIpc) is 2.53. The third-order valence-electron chi connectivity index (χ3n) is 3.88. The fourth-order valence-electron chi connectivity index (χ4n) is 2.56. The van der Waals surface area contributed by atoms with Crippen molar-refractivity contribution < 1.29 is 13.5 Å². The molecule has 0 saturated heterocycles. The number of hydrogen-bond donors (Lipinski definition) is 1. The highest BCUT2D eigenvalue weighted by Crippen LogP contribution is 2.24. The van der Waals surface area contributed by atoms with E-state index in [9.17, 15) is 13.5 Å². The summed E-state index contributed by atoms with van der Waals surface area (Å²) in [5.41, 5.74) is 2.59. The molecule has 136 valence electrons. The first-order valence-corrected chi connectivity index (χ1v) is 9.63. The van der Waals surface area contributed by atoms with Gasteiger partial charge in [0.25, 0.3) is 10.0 Å². The molecule has 0 heterocycles. The standard InChI is InChI=1S/C19H26N2O3S/c1-15-5-9-17(10-6-15)21(14-18(22)13-20(3)4)25(23,24)19-11-7-16(2)8-12-19/h5-12,18,22H,13-14H2,1-4H3/t18-/m0/s1. The van der Waals surface area contributed by atoms with Crippen molar-refractivity contribution in [2.75, 3.05) is 31.5 Å². The lowest BCUT2D eigenvalue weighted by Gasteiger charge is -2.28. The van der Waals surface area contributed by atoms with Gasteiger partial charge in [-0.3, -0.25) is 4.31 Å². The molecule has 0 aliphatic heterocycles. The fourth-order valence-corrected chi connectivity index (χ4v) is 4.06. The highest BCUT2D eigenvalue weighted by atomic mass is 32.2. The zero-order chi connectivity index (χ0) is 18.6. The summed E-state index contributed by atoms with van der Waals surface area (Å²) in [6.45, 7) is 4.24. The van der Waals surface area contributed by atoms with E-state index in [1.165, 1.54) is 4.31 Å². The maximum Gasteiger partial charge on any atom is 0.264 e. The number of aliphatic hydroxyl groups excluding tert-OH is 1. The van der Waals surface area contributed by atoms with Gasteiger partial charge in [0.2, 0.25) is 0 Å². The van der Waals surface area contributed by atoms with E-state index >= 15 is 0 Å². The van der Waals surface area contributed by atoms with Gasteiger partial charge in [0.05, 0.1) is 23.2 Å².